The average molecular weight is 367 g/mol. The molecule has 0 bridgehead atoms. The van der Waals surface area contributed by atoms with Gasteiger partial charge in [0.1, 0.15) is 11.5 Å². The van der Waals surface area contributed by atoms with Crippen molar-refractivity contribution in [2.45, 2.75) is 32.2 Å². The van der Waals surface area contributed by atoms with Gasteiger partial charge >= 0.3 is 0 Å². The number of benzene rings is 1. The van der Waals surface area contributed by atoms with Crippen LogP contribution in [0.2, 0.25) is 0 Å². The molecule has 0 spiro atoms. The largest absolute Gasteiger partial charge is 0.493 e. The van der Waals surface area contributed by atoms with Crippen molar-refractivity contribution in [3.8, 4) is 11.5 Å². The third-order valence-electron chi connectivity index (χ3n) is 4.88. The standard InChI is InChI=1S/C17H23BrN2O2/c18-15-13-4-2-9-21-16(13)14(11-20-7-5-19-6-8-20)12-3-1-10-22-17(12)15/h19H,1-11H2. The van der Waals surface area contributed by atoms with Crippen molar-refractivity contribution >= 4 is 15.9 Å². The Hall–Kier alpha value is -0.780. The van der Waals surface area contributed by atoms with E-state index < -0.39 is 0 Å². The quantitative estimate of drug-likeness (QED) is 0.871. The number of rotatable bonds is 2. The number of fused-ring (bicyclic) bond motifs is 2. The van der Waals surface area contributed by atoms with Gasteiger partial charge in [-0.3, -0.25) is 4.90 Å². The van der Waals surface area contributed by atoms with E-state index in [1.165, 1.54) is 16.7 Å². The summed E-state index contributed by atoms with van der Waals surface area (Å²) in [7, 11) is 0. The summed E-state index contributed by atoms with van der Waals surface area (Å²) >= 11 is 3.78. The molecule has 22 heavy (non-hydrogen) atoms. The lowest BCUT2D eigenvalue weighted by molar-refractivity contribution is 0.219. The van der Waals surface area contributed by atoms with Gasteiger partial charge in [0.2, 0.25) is 0 Å². The van der Waals surface area contributed by atoms with Crippen LogP contribution in [0.3, 0.4) is 0 Å². The molecule has 1 aromatic carbocycles. The first-order chi connectivity index (χ1) is 10.8. The molecule has 1 saturated heterocycles. The predicted octanol–water partition coefficient (Wildman–Crippen LogP) is 2.50. The van der Waals surface area contributed by atoms with E-state index in [-0.39, 0.29) is 0 Å². The van der Waals surface area contributed by atoms with Crippen LogP contribution in [0.15, 0.2) is 4.47 Å². The fraction of sp³-hybridized carbons (Fsp3) is 0.647. The Kier molecular flexibility index (Phi) is 4.29. The lowest BCUT2D eigenvalue weighted by Gasteiger charge is -2.33. The van der Waals surface area contributed by atoms with Crippen molar-refractivity contribution in [3.63, 3.8) is 0 Å². The molecule has 0 amide bonds. The highest BCUT2D eigenvalue weighted by Crippen LogP contribution is 2.46. The molecule has 0 aromatic heterocycles. The lowest BCUT2D eigenvalue weighted by Crippen LogP contribution is -2.43. The van der Waals surface area contributed by atoms with Crippen LogP contribution in [0.25, 0.3) is 0 Å². The molecule has 0 radical (unpaired) electrons. The molecule has 3 heterocycles. The fourth-order valence-electron chi connectivity index (χ4n) is 3.74. The number of nitrogens with zero attached hydrogens (tertiary/aromatic N) is 1. The molecule has 3 aliphatic rings. The summed E-state index contributed by atoms with van der Waals surface area (Å²) in [6.07, 6.45) is 4.39. The molecular weight excluding hydrogens is 344 g/mol. The van der Waals surface area contributed by atoms with Crippen LogP contribution in [0.4, 0.5) is 0 Å². The van der Waals surface area contributed by atoms with E-state index in [2.05, 4.69) is 26.1 Å². The zero-order valence-corrected chi connectivity index (χ0v) is 14.5. The maximum Gasteiger partial charge on any atom is 0.137 e. The molecule has 5 heteroatoms. The summed E-state index contributed by atoms with van der Waals surface area (Å²) in [6.45, 7) is 7.05. The van der Waals surface area contributed by atoms with Crippen molar-refractivity contribution in [2.24, 2.45) is 0 Å². The van der Waals surface area contributed by atoms with Crippen molar-refractivity contribution in [3.05, 3.63) is 21.2 Å². The fourth-order valence-corrected chi connectivity index (χ4v) is 4.48. The van der Waals surface area contributed by atoms with Gasteiger partial charge in [0.25, 0.3) is 0 Å². The zero-order valence-electron chi connectivity index (χ0n) is 12.9. The van der Waals surface area contributed by atoms with Gasteiger partial charge in [-0.1, -0.05) is 0 Å². The van der Waals surface area contributed by atoms with Crippen LogP contribution >= 0.6 is 15.9 Å². The van der Waals surface area contributed by atoms with Gasteiger partial charge in [-0.15, -0.1) is 0 Å². The van der Waals surface area contributed by atoms with Crippen molar-refractivity contribution in [2.75, 3.05) is 39.4 Å². The predicted molar refractivity (Wildman–Crippen MR) is 89.9 cm³/mol. The van der Waals surface area contributed by atoms with Crippen LogP contribution in [-0.2, 0) is 19.4 Å². The monoisotopic (exact) mass is 366 g/mol. The number of halogens is 1. The molecule has 1 fully saturated rings. The van der Waals surface area contributed by atoms with E-state index in [1.54, 1.807) is 0 Å². The van der Waals surface area contributed by atoms with Crippen LogP contribution < -0.4 is 14.8 Å². The summed E-state index contributed by atoms with van der Waals surface area (Å²) in [4.78, 5) is 2.53. The topological polar surface area (TPSA) is 33.7 Å². The van der Waals surface area contributed by atoms with E-state index in [0.717, 1.165) is 87.6 Å². The molecule has 1 aromatic rings. The minimum absolute atomic E-state index is 0.832. The molecule has 0 aliphatic carbocycles. The molecule has 4 rings (SSSR count). The minimum Gasteiger partial charge on any atom is -0.493 e. The zero-order chi connectivity index (χ0) is 14.9. The molecule has 1 N–H and O–H groups in total. The van der Waals surface area contributed by atoms with Crippen LogP contribution in [0.1, 0.15) is 29.5 Å². The highest BCUT2D eigenvalue weighted by atomic mass is 79.9. The third kappa shape index (κ3) is 2.63. The Morgan fingerprint density at radius 2 is 1.64 bits per heavy atom. The average Bonchev–Trinajstić information content (AvgIpc) is 2.59. The maximum absolute atomic E-state index is 6.12. The summed E-state index contributed by atoms with van der Waals surface area (Å²) in [6, 6.07) is 0. The van der Waals surface area contributed by atoms with Gasteiger partial charge in [0, 0.05) is 49.4 Å². The van der Waals surface area contributed by atoms with Crippen LogP contribution in [-0.4, -0.2) is 44.3 Å². The minimum atomic E-state index is 0.832. The molecule has 0 unspecified atom stereocenters. The summed E-state index contributed by atoms with van der Waals surface area (Å²) < 4.78 is 13.3. The normalized spacial score (nSPS) is 21.5. The van der Waals surface area contributed by atoms with E-state index in [1.807, 2.05) is 0 Å². The van der Waals surface area contributed by atoms with E-state index in [9.17, 15) is 0 Å². The molecule has 0 atom stereocenters. The number of piperazine rings is 1. The van der Waals surface area contributed by atoms with Gasteiger partial charge in [-0.05, 0) is 41.6 Å². The SMILES string of the molecule is Brc1c2c(c(CN3CCNCC3)c3c1OCCC3)OCCC2. The second-order valence-corrected chi connectivity index (χ2v) is 7.13. The number of hydrogen-bond acceptors (Lipinski definition) is 4. The number of ether oxygens (including phenoxy) is 2. The molecule has 3 aliphatic heterocycles. The Bertz CT molecular complexity index is 533. The highest BCUT2D eigenvalue weighted by Gasteiger charge is 2.29. The van der Waals surface area contributed by atoms with Gasteiger partial charge in [-0.2, -0.15) is 0 Å². The van der Waals surface area contributed by atoms with E-state index in [4.69, 9.17) is 9.47 Å². The summed E-state index contributed by atoms with van der Waals surface area (Å²) in [5.41, 5.74) is 4.07. The Morgan fingerprint density at radius 1 is 0.955 bits per heavy atom. The first-order valence-electron chi connectivity index (χ1n) is 8.39. The highest BCUT2D eigenvalue weighted by molar-refractivity contribution is 9.10. The molecular formula is C17H23BrN2O2. The van der Waals surface area contributed by atoms with Gasteiger partial charge < -0.3 is 14.8 Å². The van der Waals surface area contributed by atoms with E-state index in [0.29, 0.717) is 0 Å². The van der Waals surface area contributed by atoms with Gasteiger partial charge in [0.05, 0.1) is 17.7 Å². The Labute approximate surface area is 140 Å². The maximum atomic E-state index is 6.12. The van der Waals surface area contributed by atoms with Crippen molar-refractivity contribution in [1.29, 1.82) is 0 Å². The Balaban J connectivity index is 1.77. The van der Waals surface area contributed by atoms with Crippen LogP contribution in [0, 0.1) is 0 Å². The second-order valence-electron chi connectivity index (χ2n) is 6.34. The Morgan fingerprint density at radius 3 is 2.41 bits per heavy atom. The number of nitrogens with one attached hydrogen (secondary N) is 1. The smallest absolute Gasteiger partial charge is 0.137 e. The first kappa shape index (κ1) is 14.8. The van der Waals surface area contributed by atoms with Crippen molar-refractivity contribution in [1.82, 2.24) is 10.2 Å². The third-order valence-corrected chi connectivity index (χ3v) is 5.72. The van der Waals surface area contributed by atoms with Crippen LogP contribution in [0.5, 0.6) is 11.5 Å². The van der Waals surface area contributed by atoms with Crippen molar-refractivity contribution < 1.29 is 9.47 Å². The second kappa shape index (κ2) is 6.38. The summed E-state index contributed by atoms with van der Waals surface area (Å²) in [5.74, 6) is 2.22. The number of hydrogen-bond donors (Lipinski definition) is 1. The molecule has 0 saturated carbocycles. The first-order valence-corrected chi connectivity index (χ1v) is 9.18. The van der Waals surface area contributed by atoms with Gasteiger partial charge in [-0.25, -0.2) is 0 Å². The van der Waals surface area contributed by atoms with E-state index >= 15 is 0 Å². The summed E-state index contributed by atoms with van der Waals surface area (Å²) in [5, 5.41) is 3.43. The van der Waals surface area contributed by atoms with Gasteiger partial charge in [0.15, 0.2) is 0 Å². The lowest BCUT2D eigenvalue weighted by atomic mass is 9.92. The molecule has 120 valence electrons. The molecule has 4 nitrogen and oxygen atoms in total.